The molecule has 0 unspecified atom stereocenters. The van der Waals surface area contributed by atoms with E-state index in [1.807, 2.05) is 13.0 Å². The highest BCUT2D eigenvalue weighted by Crippen LogP contribution is 2.15. The van der Waals surface area contributed by atoms with Gasteiger partial charge in [-0.1, -0.05) is 30.3 Å². The standard InChI is InChI=1S/C19H18FN3O2/c1-2-23(12-13-6-5-7-14(20)10-13)18(24)11-17-15-8-3-4-9-16(15)19(25)22-21-17/h3-10H,2,11-12H2,1H3,(H,22,25). The minimum atomic E-state index is -0.325. The van der Waals surface area contributed by atoms with Crippen molar-refractivity contribution >= 4 is 16.7 Å². The van der Waals surface area contributed by atoms with Crippen LogP contribution in [0.25, 0.3) is 10.8 Å². The normalized spacial score (nSPS) is 10.8. The molecule has 1 amide bonds. The Morgan fingerprint density at radius 3 is 2.64 bits per heavy atom. The van der Waals surface area contributed by atoms with E-state index in [0.29, 0.717) is 29.6 Å². The van der Waals surface area contributed by atoms with E-state index in [4.69, 9.17) is 0 Å². The van der Waals surface area contributed by atoms with Gasteiger partial charge in [0.25, 0.3) is 5.56 Å². The Morgan fingerprint density at radius 2 is 1.92 bits per heavy atom. The molecule has 2 aromatic carbocycles. The third-order valence-corrected chi connectivity index (χ3v) is 4.09. The number of nitrogens with zero attached hydrogens (tertiary/aromatic N) is 2. The lowest BCUT2D eigenvalue weighted by Crippen LogP contribution is -2.32. The lowest BCUT2D eigenvalue weighted by atomic mass is 10.1. The van der Waals surface area contributed by atoms with Crippen molar-refractivity contribution in [2.45, 2.75) is 19.9 Å². The number of amides is 1. The Bertz CT molecular complexity index is 968. The smallest absolute Gasteiger partial charge is 0.272 e. The molecule has 6 heteroatoms. The molecule has 0 aliphatic heterocycles. The second-order valence-electron chi connectivity index (χ2n) is 5.76. The highest BCUT2D eigenvalue weighted by molar-refractivity contribution is 5.88. The van der Waals surface area contributed by atoms with Crippen LogP contribution in [0, 0.1) is 5.82 Å². The van der Waals surface area contributed by atoms with Gasteiger partial charge in [0.1, 0.15) is 5.82 Å². The fraction of sp³-hybridized carbons (Fsp3) is 0.211. The number of hydrogen-bond acceptors (Lipinski definition) is 3. The highest BCUT2D eigenvalue weighted by atomic mass is 19.1. The van der Waals surface area contributed by atoms with Crippen molar-refractivity contribution in [3.8, 4) is 0 Å². The average molecular weight is 339 g/mol. The molecular weight excluding hydrogens is 321 g/mol. The minimum absolute atomic E-state index is 0.0699. The first-order valence-corrected chi connectivity index (χ1v) is 8.07. The Kier molecular flexibility index (Phi) is 4.88. The van der Waals surface area contributed by atoms with Crippen molar-refractivity contribution in [1.29, 1.82) is 0 Å². The van der Waals surface area contributed by atoms with Crippen molar-refractivity contribution in [2.24, 2.45) is 0 Å². The summed E-state index contributed by atoms with van der Waals surface area (Å²) in [5.74, 6) is -0.453. The van der Waals surface area contributed by atoms with Crippen LogP contribution in [0.2, 0.25) is 0 Å². The Balaban J connectivity index is 1.83. The Hall–Kier alpha value is -3.02. The summed E-state index contributed by atoms with van der Waals surface area (Å²) in [6, 6.07) is 13.3. The summed E-state index contributed by atoms with van der Waals surface area (Å²) in [5.41, 5.74) is 0.978. The minimum Gasteiger partial charge on any atom is -0.338 e. The molecule has 1 heterocycles. The number of halogens is 1. The average Bonchev–Trinajstić information content (AvgIpc) is 2.62. The van der Waals surface area contributed by atoms with Gasteiger partial charge in [-0.2, -0.15) is 5.10 Å². The number of rotatable bonds is 5. The van der Waals surface area contributed by atoms with E-state index in [1.165, 1.54) is 12.1 Å². The van der Waals surface area contributed by atoms with Crippen LogP contribution in [0.15, 0.2) is 53.3 Å². The number of fused-ring (bicyclic) bond motifs is 1. The number of carbonyl (C=O) groups is 1. The number of benzene rings is 2. The molecule has 1 N–H and O–H groups in total. The molecule has 0 aliphatic carbocycles. The summed E-state index contributed by atoms with van der Waals surface area (Å²) in [5, 5.41) is 7.65. The van der Waals surface area contributed by atoms with Crippen LogP contribution in [-0.2, 0) is 17.8 Å². The van der Waals surface area contributed by atoms with Gasteiger partial charge in [-0.3, -0.25) is 9.59 Å². The molecule has 3 rings (SSSR count). The maximum Gasteiger partial charge on any atom is 0.272 e. The zero-order chi connectivity index (χ0) is 17.8. The molecule has 25 heavy (non-hydrogen) atoms. The number of aromatic nitrogens is 2. The quantitative estimate of drug-likeness (QED) is 0.777. The van der Waals surface area contributed by atoms with E-state index in [1.54, 1.807) is 35.2 Å². The fourth-order valence-electron chi connectivity index (χ4n) is 2.79. The molecule has 0 spiro atoms. The van der Waals surface area contributed by atoms with Gasteiger partial charge in [0.2, 0.25) is 5.91 Å². The number of carbonyl (C=O) groups excluding carboxylic acids is 1. The van der Waals surface area contributed by atoms with Gasteiger partial charge < -0.3 is 4.90 Å². The number of H-pyrrole nitrogens is 1. The highest BCUT2D eigenvalue weighted by Gasteiger charge is 2.16. The van der Waals surface area contributed by atoms with Gasteiger partial charge in [0, 0.05) is 18.5 Å². The van der Waals surface area contributed by atoms with E-state index in [9.17, 15) is 14.0 Å². The van der Waals surface area contributed by atoms with Crippen LogP contribution in [0.4, 0.5) is 4.39 Å². The van der Waals surface area contributed by atoms with Crippen LogP contribution in [0.3, 0.4) is 0 Å². The van der Waals surface area contributed by atoms with Crippen LogP contribution in [0.1, 0.15) is 18.2 Å². The molecule has 128 valence electrons. The van der Waals surface area contributed by atoms with E-state index >= 15 is 0 Å². The molecule has 0 saturated carbocycles. The molecular formula is C19H18FN3O2. The van der Waals surface area contributed by atoms with E-state index < -0.39 is 0 Å². The third-order valence-electron chi connectivity index (χ3n) is 4.09. The maximum absolute atomic E-state index is 13.3. The SMILES string of the molecule is CCN(Cc1cccc(F)c1)C(=O)Cc1n[nH]c(=O)c2ccccc12. The molecule has 0 aliphatic rings. The number of hydrogen-bond donors (Lipinski definition) is 1. The monoisotopic (exact) mass is 339 g/mol. The Morgan fingerprint density at radius 1 is 1.16 bits per heavy atom. The van der Waals surface area contributed by atoms with Gasteiger partial charge in [-0.25, -0.2) is 9.49 Å². The Labute approximate surface area is 144 Å². The lowest BCUT2D eigenvalue weighted by Gasteiger charge is -2.21. The van der Waals surface area contributed by atoms with Crippen LogP contribution < -0.4 is 5.56 Å². The fourth-order valence-corrected chi connectivity index (χ4v) is 2.79. The summed E-state index contributed by atoms with van der Waals surface area (Å²) in [7, 11) is 0. The molecule has 0 bridgehead atoms. The molecule has 0 atom stereocenters. The zero-order valence-corrected chi connectivity index (χ0v) is 13.8. The van der Waals surface area contributed by atoms with E-state index in [2.05, 4.69) is 10.2 Å². The van der Waals surface area contributed by atoms with Crippen LogP contribution >= 0.6 is 0 Å². The summed E-state index contributed by atoms with van der Waals surface area (Å²) >= 11 is 0. The van der Waals surface area contributed by atoms with Gasteiger partial charge in [-0.05, 0) is 30.7 Å². The van der Waals surface area contributed by atoms with Crippen LogP contribution in [-0.4, -0.2) is 27.5 Å². The maximum atomic E-state index is 13.3. The molecule has 0 fully saturated rings. The van der Waals surface area contributed by atoms with Crippen molar-refractivity contribution in [3.63, 3.8) is 0 Å². The first-order chi connectivity index (χ1) is 12.1. The van der Waals surface area contributed by atoms with Gasteiger partial charge in [-0.15, -0.1) is 0 Å². The summed E-state index contributed by atoms with van der Waals surface area (Å²) in [6.07, 6.45) is 0.0699. The second-order valence-corrected chi connectivity index (χ2v) is 5.76. The zero-order valence-electron chi connectivity index (χ0n) is 13.8. The van der Waals surface area contributed by atoms with E-state index in [-0.39, 0.29) is 23.7 Å². The molecule has 3 aromatic rings. The first-order valence-electron chi connectivity index (χ1n) is 8.07. The molecule has 0 radical (unpaired) electrons. The van der Waals surface area contributed by atoms with Gasteiger partial charge >= 0.3 is 0 Å². The molecule has 0 saturated heterocycles. The van der Waals surface area contributed by atoms with Crippen LogP contribution in [0.5, 0.6) is 0 Å². The number of aromatic amines is 1. The summed E-state index contributed by atoms with van der Waals surface area (Å²) in [4.78, 5) is 26.1. The van der Waals surface area contributed by atoms with Crippen molar-refractivity contribution in [1.82, 2.24) is 15.1 Å². The van der Waals surface area contributed by atoms with Crippen molar-refractivity contribution in [2.75, 3.05) is 6.54 Å². The van der Waals surface area contributed by atoms with Crippen molar-refractivity contribution < 1.29 is 9.18 Å². The second kappa shape index (κ2) is 7.25. The molecule has 1 aromatic heterocycles. The predicted molar refractivity (Wildman–Crippen MR) is 93.6 cm³/mol. The van der Waals surface area contributed by atoms with Gasteiger partial charge in [0.05, 0.1) is 17.5 Å². The lowest BCUT2D eigenvalue weighted by molar-refractivity contribution is -0.130. The number of likely N-dealkylation sites (N-methyl/N-ethyl adjacent to an activating group) is 1. The van der Waals surface area contributed by atoms with Gasteiger partial charge in [0.15, 0.2) is 0 Å². The van der Waals surface area contributed by atoms with E-state index in [0.717, 1.165) is 5.56 Å². The molecule has 5 nitrogen and oxygen atoms in total. The first kappa shape index (κ1) is 16.8. The number of nitrogens with one attached hydrogen (secondary N) is 1. The van der Waals surface area contributed by atoms with Crippen molar-refractivity contribution in [3.05, 3.63) is 76.0 Å². The summed E-state index contributed by atoms with van der Waals surface area (Å²) < 4.78 is 13.3. The topological polar surface area (TPSA) is 66.1 Å². The predicted octanol–water partition coefficient (Wildman–Crippen LogP) is 2.65. The summed E-state index contributed by atoms with van der Waals surface area (Å²) in [6.45, 7) is 2.70. The largest absolute Gasteiger partial charge is 0.338 e. The third kappa shape index (κ3) is 3.74.